The molecule has 0 aliphatic carbocycles. The van der Waals surface area contributed by atoms with Crippen molar-refractivity contribution in [3.8, 4) is 0 Å². The van der Waals surface area contributed by atoms with Crippen LogP contribution in [0.2, 0.25) is 0 Å². The zero-order valence-electron chi connectivity index (χ0n) is 12.7. The number of nitrogens with zero attached hydrogens (tertiary/aromatic N) is 1. The lowest BCUT2D eigenvalue weighted by Crippen LogP contribution is -2.48. The van der Waals surface area contributed by atoms with E-state index in [4.69, 9.17) is 0 Å². The molecule has 0 amide bonds. The van der Waals surface area contributed by atoms with E-state index in [9.17, 15) is 0 Å². The summed E-state index contributed by atoms with van der Waals surface area (Å²) in [6, 6.07) is 0. The fourth-order valence-electron chi connectivity index (χ4n) is 3.28. The minimum Gasteiger partial charge on any atom is -0.301 e. The van der Waals surface area contributed by atoms with Gasteiger partial charge in [0.05, 0.1) is 0 Å². The van der Waals surface area contributed by atoms with Gasteiger partial charge in [0.1, 0.15) is 0 Å². The zero-order chi connectivity index (χ0) is 13.6. The summed E-state index contributed by atoms with van der Waals surface area (Å²) in [5, 5.41) is 0. The van der Waals surface area contributed by atoms with Gasteiger partial charge in [-0.05, 0) is 37.9 Å². The van der Waals surface area contributed by atoms with Crippen LogP contribution in [0.15, 0.2) is 0 Å². The first kappa shape index (κ1) is 16.7. The van der Waals surface area contributed by atoms with Crippen molar-refractivity contribution >= 4 is 24.4 Å². The molecule has 1 nitrogen and oxygen atoms in total. The third kappa shape index (κ3) is 4.97. The minimum absolute atomic E-state index is 0.430. The molecule has 1 saturated heterocycles. The average molecular weight is 290 g/mol. The van der Waals surface area contributed by atoms with Gasteiger partial charge in [-0.25, -0.2) is 0 Å². The first-order valence-electron chi connectivity index (χ1n) is 7.44. The maximum absolute atomic E-state index is 4.68. The largest absolute Gasteiger partial charge is 0.301 e. The molecule has 1 heterocycles. The Morgan fingerprint density at radius 3 is 2.28 bits per heavy atom. The van der Waals surface area contributed by atoms with Gasteiger partial charge < -0.3 is 4.90 Å². The standard InChI is InChI=1S/C15H31NS2/c1-5-7-15(13-17,8-6-2)12-16-9-10-18-14(3,4)11-16/h17H,5-13H2,1-4H3. The molecule has 0 atom stereocenters. The van der Waals surface area contributed by atoms with Gasteiger partial charge >= 0.3 is 0 Å². The molecule has 0 aromatic heterocycles. The fourth-order valence-corrected chi connectivity index (χ4v) is 4.87. The molecule has 0 saturated carbocycles. The fraction of sp³-hybridized carbons (Fsp3) is 1.00. The molecule has 1 fully saturated rings. The second-order valence-electron chi connectivity index (χ2n) is 6.48. The predicted molar refractivity (Wildman–Crippen MR) is 89.1 cm³/mol. The molecule has 1 aliphatic heterocycles. The van der Waals surface area contributed by atoms with Crippen molar-refractivity contribution in [2.45, 2.75) is 58.1 Å². The van der Waals surface area contributed by atoms with Crippen molar-refractivity contribution in [1.29, 1.82) is 0 Å². The maximum Gasteiger partial charge on any atom is 0.0231 e. The van der Waals surface area contributed by atoms with Gasteiger partial charge in [-0.15, -0.1) is 0 Å². The Bertz CT molecular complexity index is 235. The highest BCUT2D eigenvalue weighted by atomic mass is 32.2. The average Bonchev–Trinajstić information content (AvgIpc) is 2.28. The molecule has 108 valence electrons. The molecule has 0 aromatic rings. The van der Waals surface area contributed by atoms with Crippen LogP contribution in [0, 0.1) is 5.41 Å². The molecule has 0 radical (unpaired) electrons. The molecule has 18 heavy (non-hydrogen) atoms. The third-order valence-corrected chi connectivity index (χ3v) is 5.93. The van der Waals surface area contributed by atoms with E-state index in [-0.39, 0.29) is 0 Å². The Kier molecular flexibility index (Phi) is 6.91. The van der Waals surface area contributed by atoms with E-state index >= 15 is 0 Å². The first-order chi connectivity index (χ1) is 8.47. The van der Waals surface area contributed by atoms with Crippen molar-refractivity contribution in [1.82, 2.24) is 4.90 Å². The van der Waals surface area contributed by atoms with Crippen molar-refractivity contribution in [3.05, 3.63) is 0 Å². The summed E-state index contributed by atoms with van der Waals surface area (Å²) in [6.07, 6.45) is 5.22. The van der Waals surface area contributed by atoms with E-state index < -0.39 is 0 Å². The van der Waals surface area contributed by atoms with Crippen LogP contribution in [-0.4, -0.2) is 40.8 Å². The number of hydrogen-bond acceptors (Lipinski definition) is 3. The Morgan fingerprint density at radius 1 is 1.22 bits per heavy atom. The Labute approximate surface area is 124 Å². The summed E-state index contributed by atoms with van der Waals surface area (Å²) >= 11 is 6.80. The van der Waals surface area contributed by atoms with Crippen molar-refractivity contribution in [2.75, 3.05) is 31.1 Å². The highest BCUT2D eigenvalue weighted by Gasteiger charge is 2.33. The first-order valence-corrected chi connectivity index (χ1v) is 9.06. The smallest absolute Gasteiger partial charge is 0.0231 e. The summed E-state index contributed by atoms with van der Waals surface area (Å²) in [5.74, 6) is 2.33. The number of thiol groups is 1. The van der Waals surface area contributed by atoms with E-state index in [1.165, 1.54) is 51.1 Å². The summed E-state index contributed by atoms with van der Waals surface area (Å²) in [4.78, 5) is 2.69. The molecule has 0 N–H and O–H groups in total. The topological polar surface area (TPSA) is 3.24 Å². The van der Waals surface area contributed by atoms with E-state index in [0.717, 1.165) is 5.75 Å². The Balaban J connectivity index is 2.64. The molecule has 3 heteroatoms. The number of hydrogen-bond donors (Lipinski definition) is 1. The predicted octanol–water partition coefficient (Wildman–Crippen LogP) is 4.33. The summed E-state index contributed by atoms with van der Waals surface area (Å²) < 4.78 is 0.430. The van der Waals surface area contributed by atoms with Crippen LogP contribution in [0.5, 0.6) is 0 Å². The maximum atomic E-state index is 4.68. The van der Waals surface area contributed by atoms with Crippen LogP contribution in [0.25, 0.3) is 0 Å². The van der Waals surface area contributed by atoms with Crippen LogP contribution in [0.4, 0.5) is 0 Å². The quantitative estimate of drug-likeness (QED) is 0.695. The number of rotatable bonds is 7. The van der Waals surface area contributed by atoms with Crippen LogP contribution in [-0.2, 0) is 0 Å². The molecule has 0 spiro atoms. The number of thioether (sulfide) groups is 1. The highest BCUT2D eigenvalue weighted by Crippen LogP contribution is 2.36. The monoisotopic (exact) mass is 289 g/mol. The summed E-state index contributed by atoms with van der Waals surface area (Å²) in [7, 11) is 0. The lowest BCUT2D eigenvalue weighted by Gasteiger charge is -2.43. The van der Waals surface area contributed by atoms with Crippen LogP contribution >= 0.6 is 24.4 Å². The van der Waals surface area contributed by atoms with Gasteiger partial charge in [0.2, 0.25) is 0 Å². The minimum atomic E-state index is 0.430. The highest BCUT2D eigenvalue weighted by molar-refractivity contribution is 8.00. The summed E-state index contributed by atoms with van der Waals surface area (Å²) in [5.41, 5.74) is 0.449. The van der Waals surface area contributed by atoms with E-state index in [2.05, 4.69) is 57.0 Å². The molecule has 1 aliphatic rings. The normalized spacial score (nSPS) is 21.2. The second kappa shape index (κ2) is 7.44. The van der Waals surface area contributed by atoms with Crippen LogP contribution < -0.4 is 0 Å². The molecular weight excluding hydrogens is 258 g/mol. The Morgan fingerprint density at radius 2 is 1.83 bits per heavy atom. The van der Waals surface area contributed by atoms with Gasteiger partial charge in [0.25, 0.3) is 0 Å². The Hall–Kier alpha value is 0.660. The summed E-state index contributed by atoms with van der Waals surface area (Å²) in [6.45, 7) is 13.1. The van der Waals surface area contributed by atoms with Crippen LogP contribution in [0.1, 0.15) is 53.4 Å². The lowest BCUT2D eigenvalue weighted by atomic mass is 9.80. The molecular formula is C15H31NS2. The van der Waals surface area contributed by atoms with Crippen molar-refractivity contribution < 1.29 is 0 Å². The molecule has 1 rings (SSSR count). The van der Waals surface area contributed by atoms with Gasteiger partial charge in [0, 0.05) is 30.1 Å². The van der Waals surface area contributed by atoms with E-state index in [1.54, 1.807) is 0 Å². The molecule has 0 aromatic carbocycles. The van der Waals surface area contributed by atoms with Gasteiger partial charge in [-0.1, -0.05) is 26.7 Å². The second-order valence-corrected chi connectivity index (χ2v) is 8.60. The van der Waals surface area contributed by atoms with Gasteiger partial charge in [-0.2, -0.15) is 24.4 Å². The molecule has 0 unspecified atom stereocenters. The third-order valence-electron chi connectivity index (χ3n) is 3.96. The van der Waals surface area contributed by atoms with Crippen LogP contribution in [0.3, 0.4) is 0 Å². The van der Waals surface area contributed by atoms with Crippen molar-refractivity contribution in [2.24, 2.45) is 5.41 Å². The van der Waals surface area contributed by atoms with E-state index in [1.807, 2.05) is 0 Å². The van der Waals surface area contributed by atoms with Gasteiger partial charge in [-0.3, -0.25) is 0 Å². The van der Waals surface area contributed by atoms with E-state index in [0.29, 0.717) is 10.2 Å². The van der Waals surface area contributed by atoms with Crippen molar-refractivity contribution in [3.63, 3.8) is 0 Å². The lowest BCUT2D eigenvalue weighted by molar-refractivity contribution is 0.141. The van der Waals surface area contributed by atoms with Gasteiger partial charge in [0.15, 0.2) is 0 Å². The zero-order valence-corrected chi connectivity index (χ0v) is 14.4. The SMILES string of the molecule is CCCC(CS)(CCC)CN1CCSC(C)(C)C1. The molecule has 0 bridgehead atoms.